The van der Waals surface area contributed by atoms with E-state index in [1.807, 2.05) is 25.1 Å². The normalized spacial score (nSPS) is 11.0. The van der Waals surface area contributed by atoms with Crippen molar-refractivity contribution in [3.8, 4) is 5.75 Å². The van der Waals surface area contributed by atoms with Crippen LogP contribution in [0.1, 0.15) is 12.5 Å². The van der Waals surface area contributed by atoms with Gasteiger partial charge >= 0.3 is 0 Å². The summed E-state index contributed by atoms with van der Waals surface area (Å²) in [5, 5.41) is 10.1. The maximum Gasteiger partial charge on any atom is 0.264 e. The van der Waals surface area contributed by atoms with E-state index in [1.54, 1.807) is 6.07 Å². The lowest BCUT2D eigenvalue weighted by Gasteiger charge is -2.09. The summed E-state index contributed by atoms with van der Waals surface area (Å²) in [4.78, 5) is 11.8. The molecule has 1 aromatic carbocycles. The van der Waals surface area contributed by atoms with Crippen LogP contribution in [0, 0.1) is 0 Å². The lowest BCUT2D eigenvalue weighted by molar-refractivity contribution is -0.118. The van der Waals surface area contributed by atoms with Crippen LogP contribution in [-0.2, 0) is 21.2 Å². The number of hydrogen-bond acceptors (Lipinski definition) is 7. The van der Waals surface area contributed by atoms with E-state index < -0.39 is 15.9 Å². The second kappa shape index (κ2) is 7.38. The molecule has 1 aromatic heterocycles. The first-order chi connectivity index (χ1) is 10.9. The molecule has 0 saturated heterocycles. The van der Waals surface area contributed by atoms with E-state index in [-0.39, 0.29) is 16.9 Å². The molecule has 10 heteroatoms. The summed E-state index contributed by atoms with van der Waals surface area (Å²) in [7, 11) is -3.43. The molecule has 0 bridgehead atoms. The zero-order chi connectivity index (χ0) is 16.9. The zero-order valence-electron chi connectivity index (χ0n) is 12.6. The predicted octanol–water partition coefficient (Wildman–Crippen LogP) is 1.49. The van der Waals surface area contributed by atoms with E-state index in [1.165, 1.54) is 0 Å². The number of carbonyl (C=O) groups excluding carboxylic acids is 1. The molecular formula is C13H16N4O4S2. The Labute approximate surface area is 137 Å². The molecule has 1 amide bonds. The summed E-state index contributed by atoms with van der Waals surface area (Å²) in [5.74, 6) is 0.250. The number of benzene rings is 1. The van der Waals surface area contributed by atoms with Crippen molar-refractivity contribution in [2.24, 2.45) is 0 Å². The molecule has 124 valence electrons. The highest BCUT2D eigenvalue weighted by molar-refractivity contribution is 7.92. The number of carbonyl (C=O) groups is 1. The largest absolute Gasteiger partial charge is 0.483 e. The third kappa shape index (κ3) is 5.49. The van der Waals surface area contributed by atoms with Crippen LogP contribution in [0.25, 0.3) is 0 Å². The van der Waals surface area contributed by atoms with Crippen molar-refractivity contribution in [1.29, 1.82) is 0 Å². The highest BCUT2D eigenvalue weighted by atomic mass is 32.2. The minimum absolute atomic E-state index is 0.0834. The Morgan fingerprint density at radius 1 is 1.26 bits per heavy atom. The van der Waals surface area contributed by atoms with Crippen molar-refractivity contribution >= 4 is 37.5 Å². The molecule has 0 unspecified atom stereocenters. The molecule has 0 aliphatic carbocycles. The third-order valence-electron chi connectivity index (χ3n) is 2.66. The molecule has 2 aromatic rings. The van der Waals surface area contributed by atoms with E-state index in [0.29, 0.717) is 5.75 Å². The topological polar surface area (TPSA) is 110 Å². The fourth-order valence-electron chi connectivity index (χ4n) is 1.71. The predicted molar refractivity (Wildman–Crippen MR) is 88.3 cm³/mol. The van der Waals surface area contributed by atoms with E-state index in [9.17, 15) is 13.2 Å². The number of para-hydroxylation sites is 1. The van der Waals surface area contributed by atoms with Crippen molar-refractivity contribution < 1.29 is 17.9 Å². The Bertz CT molecular complexity index is 789. The first-order valence-electron chi connectivity index (χ1n) is 6.69. The quantitative estimate of drug-likeness (QED) is 0.778. The molecule has 2 N–H and O–H groups in total. The molecule has 1 heterocycles. The number of nitrogens with one attached hydrogen (secondary N) is 2. The molecule has 0 radical (unpaired) electrons. The summed E-state index contributed by atoms with van der Waals surface area (Å²) in [6, 6.07) is 7.47. The van der Waals surface area contributed by atoms with Crippen molar-refractivity contribution in [2.75, 3.05) is 22.9 Å². The van der Waals surface area contributed by atoms with Crippen molar-refractivity contribution in [2.45, 2.75) is 13.3 Å². The average molecular weight is 356 g/mol. The molecular weight excluding hydrogens is 340 g/mol. The van der Waals surface area contributed by atoms with E-state index in [0.717, 1.165) is 29.6 Å². The maximum atomic E-state index is 11.8. The van der Waals surface area contributed by atoms with E-state index in [2.05, 4.69) is 20.2 Å². The van der Waals surface area contributed by atoms with Crippen LogP contribution in [0.5, 0.6) is 5.75 Å². The number of amides is 1. The lowest BCUT2D eigenvalue weighted by atomic mass is 10.1. The van der Waals surface area contributed by atoms with Crippen LogP contribution < -0.4 is 14.8 Å². The van der Waals surface area contributed by atoms with Crippen molar-refractivity contribution in [3.05, 3.63) is 29.8 Å². The molecule has 0 fully saturated rings. The Morgan fingerprint density at radius 3 is 2.65 bits per heavy atom. The number of ether oxygens (including phenoxy) is 1. The number of anilines is 2. The number of nitrogens with zero attached hydrogens (tertiary/aromatic N) is 2. The van der Waals surface area contributed by atoms with Crippen LogP contribution >= 0.6 is 11.3 Å². The number of sulfonamides is 1. The summed E-state index contributed by atoms with van der Waals surface area (Å²) in [5.41, 5.74) is 1.01. The zero-order valence-corrected chi connectivity index (χ0v) is 14.2. The molecule has 2 rings (SSSR count). The van der Waals surface area contributed by atoms with Crippen molar-refractivity contribution in [1.82, 2.24) is 10.2 Å². The lowest BCUT2D eigenvalue weighted by Crippen LogP contribution is -2.20. The van der Waals surface area contributed by atoms with E-state index in [4.69, 9.17) is 4.74 Å². The highest BCUT2D eigenvalue weighted by Crippen LogP contribution is 2.21. The second-order valence-electron chi connectivity index (χ2n) is 4.58. The van der Waals surface area contributed by atoms with Crippen LogP contribution in [0.2, 0.25) is 0 Å². The fourth-order valence-corrected chi connectivity index (χ4v) is 3.20. The van der Waals surface area contributed by atoms with Gasteiger partial charge in [0.1, 0.15) is 5.75 Å². The number of hydrogen-bond donors (Lipinski definition) is 2. The molecule has 23 heavy (non-hydrogen) atoms. The monoisotopic (exact) mass is 356 g/mol. The molecule has 0 aliphatic rings. The van der Waals surface area contributed by atoms with Gasteiger partial charge in [-0.1, -0.05) is 36.5 Å². The van der Waals surface area contributed by atoms with Gasteiger partial charge < -0.3 is 4.74 Å². The highest BCUT2D eigenvalue weighted by Gasteiger charge is 2.12. The van der Waals surface area contributed by atoms with Crippen molar-refractivity contribution in [3.63, 3.8) is 0 Å². The van der Waals surface area contributed by atoms with Crippen LogP contribution in [0.4, 0.5) is 10.3 Å². The summed E-state index contributed by atoms with van der Waals surface area (Å²) < 4.78 is 29.8. The Kier molecular flexibility index (Phi) is 5.50. The van der Waals surface area contributed by atoms with Crippen LogP contribution in [-0.4, -0.2) is 37.4 Å². The molecule has 0 aliphatic heterocycles. The van der Waals surface area contributed by atoms with Gasteiger partial charge in [0.2, 0.25) is 20.3 Å². The van der Waals surface area contributed by atoms with Gasteiger partial charge in [0, 0.05) is 0 Å². The summed E-state index contributed by atoms with van der Waals surface area (Å²) in [6.07, 6.45) is 1.81. The first-order valence-corrected chi connectivity index (χ1v) is 9.40. The minimum atomic E-state index is -3.43. The second-order valence-corrected chi connectivity index (χ2v) is 7.31. The Balaban J connectivity index is 1.90. The van der Waals surface area contributed by atoms with Crippen LogP contribution in [0.15, 0.2) is 24.3 Å². The number of rotatable bonds is 7. The van der Waals surface area contributed by atoms with Gasteiger partial charge in [0.05, 0.1) is 6.26 Å². The minimum Gasteiger partial charge on any atom is -0.483 e. The summed E-state index contributed by atoms with van der Waals surface area (Å²) in [6.45, 7) is 1.82. The number of aromatic nitrogens is 2. The smallest absolute Gasteiger partial charge is 0.264 e. The van der Waals surface area contributed by atoms with Gasteiger partial charge in [-0.2, -0.15) is 0 Å². The Morgan fingerprint density at radius 2 is 1.96 bits per heavy atom. The average Bonchev–Trinajstić information content (AvgIpc) is 2.90. The van der Waals surface area contributed by atoms with Gasteiger partial charge in [0.25, 0.3) is 5.91 Å². The standard InChI is InChI=1S/C13H16N4O4S2/c1-3-9-6-4-5-7-10(9)21-8-11(18)14-12-15-16-13(22-12)17-23(2,19)20/h4-7H,3,8H2,1-2H3,(H,16,17)(H,14,15,18). The van der Waals surface area contributed by atoms with Gasteiger partial charge in [-0.15, -0.1) is 10.2 Å². The Hall–Kier alpha value is -2.20. The van der Waals surface area contributed by atoms with E-state index >= 15 is 0 Å². The van der Waals surface area contributed by atoms with Gasteiger partial charge in [-0.3, -0.25) is 14.8 Å². The third-order valence-corrected chi connectivity index (χ3v) is 4.10. The van der Waals surface area contributed by atoms with Gasteiger partial charge in [-0.25, -0.2) is 8.42 Å². The van der Waals surface area contributed by atoms with Gasteiger partial charge in [-0.05, 0) is 18.1 Å². The summed E-state index contributed by atoms with van der Waals surface area (Å²) >= 11 is 0.917. The molecule has 8 nitrogen and oxygen atoms in total. The molecule has 0 atom stereocenters. The van der Waals surface area contributed by atoms with Gasteiger partial charge in [0.15, 0.2) is 6.61 Å². The molecule has 0 saturated carbocycles. The molecule has 0 spiro atoms. The maximum absolute atomic E-state index is 11.8. The first kappa shape index (κ1) is 17.2. The number of aryl methyl sites for hydroxylation is 1. The fraction of sp³-hybridized carbons (Fsp3) is 0.308. The van der Waals surface area contributed by atoms with Crippen LogP contribution in [0.3, 0.4) is 0 Å². The SMILES string of the molecule is CCc1ccccc1OCC(=O)Nc1nnc(NS(C)(=O)=O)s1.